The quantitative estimate of drug-likeness (QED) is 0.634. The predicted octanol–water partition coefficient (Wildman–Crippen LogP) is 3.75. The van der Waals surface area contributed by atoms with Crippen molar-refractivity contribution in [3.8, 4) is 0 Å². The molecular weight excluding hydrogens is 264 g/mol. The summed E-state index contributed by atoms with van der Waals surface area (Å²) in [6.07, 6.45) is 7.98. The number of hydrogen-bond acceptors (Lipinski definition) is 2. The molecule has 0 unspecified atom stereocenters. The Morgan fingerprint density at radius 1 is 1.25 bits per heavy atom. The number of fused-ring (bicyclic) bond motifs is 5. The molecule has 1 saturated carbocycles. The van der Waals surface area contributed by atoms with E-state index < -0.39 is 8.32 Å². The van der Waals surface area contributed by atoms with Crippen molar-refractivity contribution in [1.29, 1.82) is 0 Å². The van der Waals surface area contributed by atoms with Gasteiger partial charge >= 0.3 is 0 Å². The summed E-state index contributed by atoms with van der Waals surface area (Å²) < 4.78 is 6.29. The van der Waals surface area contributed by atoms with Crippen molar-refractivity contribution in [2.45, 2.75) is 51.4 Å². The second kappa shape index (κ2) is 4.55. The van der Waals surface area contributed by atoms with Gasteiger partial charge in [0.15, 0.2) is 8.32 Å². The first-order valence-corrected chi connectivity index (χ1v) is 10.8. The zero-order chi connectivity index (χ0) is 14.7. The van der Waals surface area contributed by atoms with Gasteiger partial charge < -0.3 is 9.53 Å². The van der Waals surface area contributed by atoms with Gasteiger partial charge in [-0.05, 0) is 47.9 Å². The van der Waals surface area contributed by atoms with Crippen LogP contribution in [0.3, 0.4) is 0 Å². The second-order valence-electron chi connectivity index (χ2n) is 8.34. The van der Waals surface area contributed by atoms with Crippen molar-refractivity contribution in [2.24, 2.45) is 23.7 Å². The number of aliphatic hydroxyl groups is 1. The van der Waals surface area contributed by atoms with Crippen LogP contribution in [0.25, 0.3) is 0 Å². The Kier molecular flexibility index (Phi) is 3.31. The molecule has 0 heterocycles. The molecule has 2 nitrogen and oxygen atoms in total. The van der Waals surface area contributed by atoms with E-state index >= 15 is 0 Å². The molecule has 0 aliphatic heterocycles. The van der Waals surface area contributed by atoms with Crippen LogP contribution in [0.15, 0.2) is 23.8 Å². The molecule has 0 aromatic heterocycles. The van der Waals surface area contributed by atoms with E-state index in [1.165, 1.54) is 6.42 Å². The molecule has 3 heteroatoms. The molecule has 0 amide bonds. The minimum Gasteiger partial charge on any atom is -0.413 e. The lowest BCUT2D eigenvalue weighted by Crippen LogP contribution is -2.41. The summed E-state index contributed by atoms with van der Waals surface area (Å²) in [5.74, 6) is 2.27. The van der Waals surface area contributed by atoms with Gasteiger partial charge in [-0.25, -0.2) is 0 Å². The monoisotopic (exact) mass is 292 g/mol. The van der Waals surface area contributed by atoms with Crippen LogP contribution in [-0.2, 0) is 4.43 Å². The van der Waals surface area contributed by atoms with Gasteiger partial charge in [0.25, 0.3) is 0 Å². The summed E-state index contributed by atoms with van der Waals surface area (Å²) in [7, 11) is -1.72. The standard InChI is InChI=1S/C17H28O2Si/c1-17(2,3)20(4,5)19-10-13-9-14-11-6-7-12(8-11)15(14)16(13)18/h6-7,9,11-12,14-16,18H,8,10H2,1-5H3/t11-,12+,14+,15-,16-/m0/s1. The summed E-state index contributed by atoms with van der Waals surface area (Å²) >= 11 is 0. The lowest BCUT2D eigenvalue weighted by atomic mass is 9.84. The van der Waals surface area contributed by atoms with Crippen LogP contribution in [0.1, 0.15) is 27.2 Å². The number of rotatable bonds is 3. The average Bonchev–Trinajstić information content (AvgIpc) is 2.98. The van der Waals surface area contributed by atoms with Gasteiger partial charge in [-0.15, -0.1) is 0 Å². The molecule has 0 aromatic rings. The molecule has 3 aliphatic carbocycles. The van der Waals surface area contributed by atoms with E-state index in [0.29, 0.717) is 30.3 Å². The van der Waals surface area contributed by atoms with Gasteiger partial charge in [0, 0.05) is 5.92 Å². The summed E-state index contributed by atoms with van der Waals surface area (Å²) in [4.78, 5) is 0. The summed E-state index contributed by atoms with van der Waals surface area (Å²) in [5.41, 5.74) is 1.14. The van der Waals surface area contributed by atoms with Crippen molar-refractivity contribution in [3.05, 3.63) is 23.8 Å². The second-order valence-corrected chi connectivity index (χ2v) is 13.1. The molecule has 3 rings (SSSR count). The van der Waals surface area contributed by atoms with Crippen molar-refractivity contribution < 1.29 is 9.53 Å². The normalized spacial score (nSPS) is 39.3. The first kappa shape index (κ1) is 14.5. The van der Waals surface area contributed by atoms with Crippen LogP contribution < -0.4 is 0 Å². The highest BCUT2D eigenvalue weighted by Gasteiger charge is 2.51. The maximum atomic E-state index is 10.6. The Balaban J connectivity index is 1.67. The van der Waals surface area contributed by atoms with Gasteiger partial charge in [-0.3, -0.25) is 0 Å². The Labute approximate surface area is 124 Å². The minimum atomic E-state index is -1.72. The summed E-state index contributed by atoms with van der Waals surface area (Å²) in [6.45, 7) is 12.0. The Bertz CT molecular complexity index is 458. The van der Waals surface area contributed by atoms with E-state index in [9.17, 15) is 5.11 Å². The van der Waals surface area contributed by atoms with Gasteiger partial charge in [0.1, 0.15) is 0 Å². The van der Waals surface area contributed by atoms with Crippen LogP contribution in [0, 0.1) is 23.7 Å². The third-order valence-electron chi connectivity index (χ3n) is 6.14. The van der Waals surface area contributed by atoms with Crippen LogP contribution in [-0.4, -0.2) is 26.1 Å². The number of allylic oxidation sites excluding steroid dienone is 3. The van der Waals surface area contributed by atoms with Crippen molar-refractivity contribution in [2.75, 3.05) is 6.61 Å². The average molecular weight is 292 g/mol. The highest BCUT2D eigenvalue weighted by Crippen LogP contribution is 2.54. The Morgan fingerprint density at radius 3 is 2.50 bits per heavy atom. The molecule has 0 saturated heterocycles. The first-order chi connectivity index (χ1) is 9.21. The molecule has 1 N–H and O–H groups in total. The van der Waals surface area contributed by atoms with Gasteiger partial charge in [-0.2, -0.15) is 0 Å². The fourth-order valence-corrected chi connectivity index (χ4v) is 4.75. The topological polar surface area (TPSA) is 29.5 Å². The number of aliphatic hydroxyl groups excluding tert-OH is 1. The molecule has 2 bridgehead atoms. The molecule has 112 valence electrons. The molecule has 3 aliphatic rings. The van der Waals surface area contributed by atoms with E-state index in [0.717, 1.165) is 5.57 Å². The predicted molar refractivity (Wildman–Crippen MR) is 85.0 cm³/mol. The highest BCUT2D eigenvalue weighted by atomic mass is 28.4. The SMILES string of the molecule is CC(C)(C)[Si](C)(C)OCC1=C[C@H]2[C@H]([C@@H]3C=C[C@H]2C3)[C@H]1O. The van der Waals surface area contributed by atoms with E-state index in [1.54, 1.807) is 0 Å². The maximum absolute atomic E-state index is 10.6. The largest absolute Gasteiger partial charge is 0.413 e. The molecular formula is C17H28O2Si. The fourth-order valence-electron chi connectivity index (χ4n) is 3.78. The van der Waals surface area contributed by atoms with Crippen LogP contribution in [0.5, 0.6) is 0 Å². The molecule has 1 fully saturated rings. The van der Waals surface area contributed by atoms with Crippen LogP contribution in [0.2, 0.25) is 18.1 Å². The number of hydrogen-bond donors (Lipinski definition) is 1. The fraction of sp³-hybridized carbons (Fsp3) is 0.765. The molecule has 0 spiro atoms. The molecule has 5 atom stereocenters. The zero-order valence-corrected chi connectivity index (χ0v) is 14.4. The van der Waals surface area contributed by atoms with Crippen LogP contribution in [0.4, 0.5) is 0 Å². The van der Waals surface area contributed by atoms with Crippen molar-refractivity contribution in [1.82, 2.24) is 0 Å². The van der Waals surface area contributed by atoms with Gasteiger partial charge in [0.2, 0.25) is 0 Å². The Hall–Kier alpha value is -0.383. The van der Waals surface area contributed by atoms with Crippen molar-refractivity contribution in [3.63, 3.8) is 0 Å². The maximum Gasteiger partial charge on any atom is 0.192 e. The van der Waals surface area contributed by atoms with E-state index in [-0.39, 0.29) is 11.1 Å². The van der Waals surface area contributed by atoms with E-state index in [1.807, 2.05) is 0 Å². The minimum absolute atomic E-state index is 0.230. The summed E-state index contributed by atoms with van der Waals surface area (Å²) in [6, 6.07) is 0. The zero-order valence-electron chi connectivity index (χ0n) is 13.4. The first-order valence-electron chi connectivity index (χ1n) is 7.92. The van der Waals surface area contributed by atoms with E-state index in [2.05, 4.69) is 52.1 Å². The highest BCUT2D eigenvalue weighted by molar-refractivity contribution is 6.74. The van der Waals surface area contributed by atoms with E-state index in [4.69, 9.17) is 4.43 Å². The molecule has 0 radical (unpaired) electrons. The third-order valence-corrected chi connectivity index (χ3v) is 10.6. The lowest BCUT2D eigenvalue weighted by molar-refractivity contribution is 0.114. The van der Waals surface area contributed by atoms with Gasteiger partial charge in [0.05, 0.1) is 12.7 Å². The third kappa shape index (κ3) is 2.15. The lowest BCUT2D eigenvalue weighted by Gasteiger charge is -2.36. The van der Waals surface area contributed by atoms with Crippen molar-refractivity contribution >= 4 is 8.32 Å². The molecule has 20 heavy (non-hydrogen) atoms. The summed E-state index contributed by atoms with van der Waals surface area (Å²) in [5, 5.41) is 10.8. The molecule has 0 aromatic carbocycles. The Morgan fingerprint density at radius 2 is 1.90 bits per heavy atom. The smallest absolute Gasteiger partial charge is 0.192 e. The van der Waals surface area contributed by atoms with Crippen LogP contribution >= 0.6 is 0 Å². The van der Waals surface area contributed by atoms with Gasteiger partial charge in [-0.1, -0.05) is 39.0 Å².